The summed E-state index contributed by atoms with van der Waals surface area (Å²) in [6, 6.07) is 3.68. The van der Waals surface area contributed by atoms with Crippen molar-refractivity contribution in [2.45, 2.75) is 61.7 Å². The van der Waals surface area contributed by atoms with Gasteiger partial charge in [0.2, 0.25) is 0 Å². The smallest absolute Gasteiger partial charge is 0.252 e. The molecule has 2 saturated carbocycles. The van der Waals surface area contributed by atoms with Crippen LogP contribution in [0.3, 0.4) is 0 Å². The number of carbonyl (C=O) groups is 2. The van der Waals surface area contributed by atoms with E-state index in [1.807, 2.05) is 6.07 Å². The van der Waals surface area contributed by atoms with Crippen LogP contribution in [0.4, 0.5) is 0 Å². The van der Waals surface area contributed by atoms with E-state index in [-0.39, 0.29) is 11.8 Å². The number of carbonyl (C=O) groups excluding carboxylic acids is 2. The number of amides is 1. The van der Waals surface area contributed by atoms with Gasteiger partial charge in [0.05, 0.1) is 16.6 Å². The maximum absolute atomic E-state index is 12.8. The van der Waals surface area contributed by atoms with Crippen molar-refractivity contribution in [1.82, 2.24) is 4.90 Å². The van der Waals surface area contributed by atoms with Crippen molar-refractivity contribution >= 4 is 11.7 Å². The Morgan fingerprint density at radius 3 is 2.89 bits per heavy atom. The average molecular weight is 368 g/mol. The van der Waals surface area contributed by atoms with E-state index in [2.05, 4.69) is 4.90 Å². The Hall–Kier alpha value is -1.92. The molecule has 0 radical (unpaired) electrons. The van der Waals surface area contributed by atoms with Crippen molar-refractivity contribution in [2.75, 3.05) is 13.1 Å². The van der Waals surface area contributed by atoms with Gasteiger partial charge in [-0.1, -0.05) is 6.07 Å². The van der Waals surface area contributed by atoms with Crippen LogP contribution in [0.25, 0.3) is 0 Å². The fourth-order valence-corrected chi connectivity index (χ4v) is 6.47. The number of hydrogen-bond donors (Lipinski definition) is 2. The predicted molar refractivity (Wildman–Crippen MR) is 96.7 cm³/mol. The second-order valence-corrected chi connectivity index (χ2v) is 9.11. The van der Waals surface area contributed by atoms with Gasteiger partial charge in [-0.15, -0.1) is 0 Å². The number of rotatable bonds is 3. The molecule has 3 fully saturated rings. The van der Waals surface area contributed by atoms with Crippen LogP contribution in [-0.2, 0) is 16.6 Å². The van der Waals surface area contributed by atoms with Crippen LogP contribution in [0.5, 0.6) is 5.75 Å². The van der Waals surface area contributed by atoms with E-state index in [9.17, 15) is 14.7 Å². The summed E-state index contributed by atoms with van der Waals surface area (Å²) in [6.07, 6.45) is 4.07. The summed E-state index contributed by atoms with van der Waals surface area (Å²) in [5, 5.41) is 12.1. The lowest BCUT2D eigenvalue weighted by Crippen LogP contribution is -2.76. The highest BCUT2D eigenvalue weighted by Gasteiger charge is 2.73. The lowest BCUT2D eigenvalue weighted by Gasteiger charge is -2.62. The number of aliphatic hydroxyl groups is 1. The first-order valence-corrected chi connectivity index (χ1v) is 10.1. The third-order valence-electron chi connectivity index (χ3n) is 7.84. The maximum atomic E-state index is 12.8. The third kappa shape index (κ3) is 1.79. The molecule has 4 atom stereocenters. The molecule has 0 aromatic heterocycles. The Labute approximate surface area is 157 Å². The average Bonchev–Trinajstić information content (AvgIpc) is 3.37. The normalized spacial score (nSPS) is 39.1. The molecule has 6 heteroatoms. The van der Waals surface area contributed by atoms with Gasteiger partial charge >= 0.3 is 0 Å². The lowest BCUT2D eigenvalue weighted by atomic mass is 9.49. The highest BCUT2D eigenvalue weighted by atomic mass is 16.5. The SMILES string of the molecule is NC(=O)c1ccc2c3c1OC1C(=O)CCC4(O)[C@@H](C2)N(CC2CC2)CC[C@]314. The van der Waals surface area contributed by atoms with E-state index in [1.165, 1.54) is 12.8 Å². The van der Waals surface area contributed by atoms with Crippen LogP contribution >= 0.6 is 0 Å². The van der Waals surface area contributed by atoms with Crippen LogP contribution in [0.2, 0.25) is 0 Å². The zero-order chi connectivity index (χ0) is 18.6. The topological polar surface area (TPSA) is 92.9 Å². The molecule has 3 N–H and O–H groups in total. The maximum Gasteiger partial charge on any atom is 0.252 e. The Kier molecular flexibility index (Phi) is 2.93. The standard InChI is InChI=1S/C21H24N2O4/c22-19(25)13-4-3-12-9-15-21(26)6-5-14(24)18-20(21,16(12)17(13)27-18)7-8-23(15)10-11-1-2-11/h3-4,11,15,18,26H,1-2,5-10H2,(H2,22,25)/t15-,18?,20+,21?/m1/s1. The summed E-state index contributed by atoms with van der Waals surface area (Å²) < 4.78 is 6.15. The zero-order valence-electron chi connectivity index (χ0n) is 15.2. The Bertz CT molecular complexity index is 894. The van der Waals surface area contributed by atoms with Gasteiger partial charge in [-0.05, 0) is 56.2 Å². The quantitative estimate of drug-likeness (QED) is 0.828. The molecule has 1 aromatic carbocycles. The Balaban J connectivity index is 1.58. The minimum Gasteiger partial charge on any atom is -0.480 e. The van der Waals surface area contributed by atoms with Gasteiger partial charge in [0.1, 0.15) is 5.75 Å². The van der Waals surface area contributed by atoms with Crippen LogP contribution in [0.15, 0.2) is 12.1 Å². The summed E-state index contributed by atoms with van der Waals surface area (Å²) in [5.74, 6) is 0.686. The first kappa shape index (κ1) is 16.1. The molecule has 3 aliphatic carbocycles. The molecule has 27 heavy (non-hydrogen) atoms. The monoisotopic (exact) mass is 368 g/mol. The van der Waals surface area contributed by atoms with Gasteiger partial charge in [0.15, 0.2) is 11.9 Å². The van der Waals surface area contributed by atoms with Crippen molar-refractivity contribution in [3.05, 3.63) is 28.8 Å². The molecular formula is C21H24N2O4. The molecule has 142 valence electrons. The molecule has 5 aliphatic rings. The van der Waals surface area contributed by atoms with Crippen molar-refractivity contribution in [3.8, 4) is 5.75 Å². The largest absolute Gasteiger partial charge is 0.480 e. The highest BCUT2D eigenvalue weighted by Crippen LogP contribution is 2.64. The Morgan fingerprint density at radius 1 is 1.33 bits per heavy atom. The minimum atomic E-state index is -0.993. The molecule has 2 bridgehead atoms. The van der Waals surface area contributed by atoms with Crippen molar-refractivity contribution in [3.63, 3.8) is 0 Å². The molecular weight excluding hydrogens is 344 g/mol. The molecule has 2 unspecified atom stereocenters. The number of benzene rings is 1. The fourth-order valence-electron chi connectivity index (χ4n) is 6.47. The van der Waals surface area contributed by atoms with Crippen molar-refractivity contribution in [2.24, 2.45) is 11.7 Å². The van der Waals surface area contributed by atoms with E-state index >= 15 is 0 Å². The number of likely N-dealkylation sites (tertiary alicyclic amines) is 1. The first-order valence-electron chi connectivity index (χ1n) is 10.1. The van der Waals surface area contributed by atoms with Gasteiger partial charge in [-0.2, -0.15) is 0 Å². The van der Waals surface area contributed by atoms with E-state index in [1.54, 1.807) is 6.07 Å². The number of ether oxygens (including phenoxy) is 1. The Morgan fingerprint density at radius 2 is 2.15 bits per heavy atom. The van der Waals surface area contributed by atoms with Gasteiger partial charge in [-0.25, -0.2) is 0 Å². The third-order valence-corrected chi connectivity index (χ3v) is 7.84. The summed E-state index contributed by atoms with van der Waals surface area (Å²) in [5.41, 5.74) is 6.17. The molecule has 1 saturated heterocycles. The van der Waals surface area contributed by atoms with E-state index in [4.69, 9.17) is 10.5 Å². The molecule has 6 nitrogen and oxygen atoms in total. The van der Waals surface area contributed by atoms with E-state index in [0.29, 0.717) is 30.6 Å². The second kappa shape index (κ2) is 4.92. The van der Waals surface area contributed by atoms with E-state index < -0.39 is 23.0 Å². The number of ketones is 1. The minimum absolute atomic E-state index is 0.00364. The zero-order valence-corrected chi connectivity index (χ0v) is 15.2. The van der Waals surface area contributed by atoms with E-state index in [0.717, 1.165) is 36.6 Å². The number of nitrogens with zero attached hydrogens (tertiary/aromatic N) is 1. The number of Topliss-reactive ketones (excluding diaryl/α,β-unsaturated/α-hetero) is 1. The molecule has 2 aliphatic heterocycles. The second-order valence-electron chi connectivity index (χ2n) is 9.11. The molecule has 1 aromatic rings. The number of hydrogen-bond acceptors (Lipinski definition) is 5. The number of piperidine rings is 1. The predicted octanol–water partition coefficient (Wildman–Crippen LogP) is 0.919. The molecule has 6 rings (SSSR count). The van der Waals surface area contributed by atoms with Crippen LogP contribution < -0.4 is 10.5 Å². The van der Waals surface area contributed by atoms with Gasteiger partial charge in [-0.3, -0.25) is 14.5 Å². The molecule has 1 spiro atoms. The fraction of sp³-hybridized carbons (Fsp3) is 0.619. The highest BCUT2D eigenvalue weighted by molar-refractivity contribution is 5.98. The summed E-state index contributed by atoms with van der Waals surface area (Å²) >= 11 is 0. The van der Waals surface area contributed by atoms with Gasteiger partial charge in [0, 0.05) is 24.6 Å². The number of primary amides is 1. The summed E-state index contributed by atoms with van der Waals surface area (Å²) in [7, 11) is 0. The van der Waals surface area contributed by atoms with Crippen molar-refractivity contribution < 1.29 is 19.4 Å². The van der Waals surface area contributed by atoms with Crippen LogP contribution in [0.1, 0.15) is 53.6 Å². The summed E-state index contributed by atoms with van der Waals surface area (Å²) in [4.78, 5) is 27.3. The van der Waals surface area contributed by atoms with Crippen LogP contribution in [-0.4, -0.2) is 52.5 Å². The first-order chi connectivity index (χ1) is 13.0. The molecule has 1 amide bonds. The van der Waals surface area contributed by atoms with Gasteiger partial charge < -0.3 is 15.6 Å². The summed E-state index contributed by atoms with van der Waals surface area (Å²) in [6.45, 7) is 1.89. The lowest BCUT2D eigenvalue weighted by molar-refractivity contribution is -0.188. The molecule has 2 heterocycles. The number of nitrogens with two attached hydrogens (primary N) is 1. The van der Waals surface area contributed by atoms with Gasteiger partial charge in [0.25, 0.3) is 5.91 Å². The van der Waals surface area contributed by atoms with Crippen LogP contribution in [0, 0.1) is 5.92 Å². The van der Waals surface area contributed by atoms with Crippen molar-refractivity contribution in [1.29, 1.82) is 0 Å².